The molecule has 0 aliphatic carbocycles. The van der Waals surface area contributed by atoms with E-state index in [2.05, 4.69) is 35.0 Å². The van der Waals surface area contributed by atoms with Crippen molar-refractivity contribution in [1.82, 2.24) is 15.1 Å². The maximum Gasteiger partial charge on any atom is 0.0597 e. The Bertz CT molecular complexity index is 278. The number of aryl methyl sites for hydroxylation is 2. The van der Waals surface area contributed by atoms with E-state index in [0.717, 1.165) is 12.2 Å². The molecule has 0 radical (unpaired) electrons. The first-order chi connectivity index (χ1) is 6.72. The van der Waals surface area contributed by atoms with E-state index in [-0.39, 0.29) is 0 Å². The average Bonchev–Trinajstić information content (AvgIpc) is 2.55. The minimum absolute atomic E-state index is 0.446. The Labute approximate surface area is 86.5 Å². The lowest BCUT2D eigenvalue weighted by Crippen LogP contribution is -2.19. The van der Waals surface area contributed by atoms with Crippen LogP contribution < -0.4 is 5.32 Å². The van der Waals surface area contributed by atoms with Crippen molar-refractivity contribution in [3.8, 4) is 0 Å². The van der Waals surface area contributed by atoms with E-state index in [9.17, 15) is 0 Å². The summed E-state index contributed by atoms with van der Waals surface area (Å²) < 4.78 is 2.09. The van der Waals surface area contributed by atoms with E-state index in [1.54, 1.807) is 0 Å². The molecule has 0 bridgehead atoms. The maximum absolute atomic E-state index is 4.46. The molecule has 1 N–H and O–H groups in total. The number of nitrogens with one attached hydrogen (secondary N) is 1. The molecule has 14 heavy (non-hydrogen) atoms. The zero-order chi connectivity index (χ0) is 10.6. The summed E-state index contributed by atoms with van der Waals surface area (Å²) in [6.45, 7) is 7.35. The molecular weight excluding hydrogens is 174 g/mol. The van der Waals surface area contributed by atoms with E-state index >= 15 is 0 Å². The summed E-state index contributed by atoms with van der Waals surface area (Å²) in [4.78, 5) is 0. The van der Waals surface area contributed by atoms with Crippen LogP contribution in [0.25, 0.3) is 0 Å². The molecule has 1 rings (SSSR count). The minimum Gasteiger partial charge on any atom is -0.312 e. The van der Waals surface area contributed by atoms with Gasteiger partial charge in [-0.15, -0.1) is 0 Å². The molecule has 3 nitrogen and oxygen atoms in total. The Balaban J connectivity index is 2.89. The number of nitrogens with zero attached hydrogens (tertiary/aromatic N) is 2. The summed E-state index contributed by atoms with van der Waals surface area (Å²) in [5, 5.41) is 7.80. The summed E-state index contributed by atoms with van der Waals surface area (Å²) in [6, 6.07) is 2.63. The van der Waals surface area contributed by atoms with Gasteiger partial charge in [0.25, 0.3) is 0 Å². The molecule has 0 saturated heterocycles. The van der Waals surface area contributed by atoms with Gasteiger partial charge in [0.05, 0.1) is 11.4 Å². The lowest BCUT2D eigenvalue weighted by atomic mass is 10.1. The Morgan fingerprint density at radius 3 is 2.71 bits per heavy atom. The highest BCUT2D eigenvalue weighted by Gasteiger charge is 2.13. The molecule has 1 unspecified atom stereocenters. The Kier molecular flexibility index (Phi) is 4.14. The van der Waals surface area contributed by atoms with Crippen LogP contribution in [-0.4, -0.2) is 16.8 Å². The lowest BCUT2D eigenvalue weighted by molar-refractivity contribution is 0.484. The normalized spacial score (nSPS) is 13.1. The van der Waals surface area contributed by atoms with Crippen LogP contribution in [0.3, 0.4) is 0 Å². The Morgan fingerprint density at radius 1 is 1.50 bits per heavy atom. The highest BCUT2D eigenvalue weighted by molar-refractivity contribution is 5.13. The van der Waals surface area contributed by atoms with Crippen LogP contribution in [0.4, 0.5) is 0 Å². The second-order valence-corrected chi connectivity index (χ2v) is 3.66. The molecule has 1 heterocycles. The van der Waals surface area contributed by atoms with Crippen molar-refractivity contribution in [1.29, 1.82) is 0 Å². The third kappa shape index (κ3) is 2.35. The van der Waals surface area contributed by atoms with Crippen LogP contribution in [0.5, 0.6) is 0 Å². The monoisotopic (exact) mass is 195 g/mol. The standard InChI is InChI=1S/C11H21N3/c1-5-7-10(12-4)11-8-9(3)13-14(11)6-2/h8,10,12H,5-7H2,1-4H3. The fourth-order valence-corrected chi connectivity index (χ4v) is 1.83. The van der Waals surface area contributed by atoms with Crippen LogP contribution in [0.2, 0.25) is 0 Å². The van der Waals surface area contributed by atoms with E-state index < -0.39 is 0 Å². The number of rotatable bonds is 5. The molecule has 1 aromatic heterocycles. The van der Waals surface area contributed by atoms with E-state index in [1.807, 2.05) is 14.0 Å². The third-order valence-electron chi connectivity index (χ3n) is 2.52. The summed E-state index contributed by atoms with van der Waals surface area (Å²) in [5.41, 5.74) is 2.42. The highest BCUT2D eigenvalue weighted by Crippen LogP contribution is 2.18. The van der Waals surface area contributed by atoms with Crippen molar-refractivity contribution in [2.75, 3.05) is 7.05 Å². The zero-order valence-electron chi connectivity index (χ0n) is 9.67. The van der Waals surface area contributed by atoms with E-state index in [4.69, 9.17) is 0 Å². The number of hydrogen-bond donors (Lipinski definition) is 1. The first-order valence-corrected chi connectivity index (χ1v) is 5.44. The first kappa shape index (κ1) is 11.2. The van der Waals surface area contributed by atoms with Gasteiger partial charge in [0, 0.05) is 12.6 Å². The van der Waals surface area contributed by atoms with Crippen molar-refractivity contribution >= 4 is 0 Å². The molecule has 0 aliphatic rings. The van der Waals surface area contributed by atoms with Crippen molar-refractivity contribution < 1.29 is 0 Å². The van der Waals surface area contributed by atoms with Crippen molar-refractivity contribution in [2.45, 2.75) is 46.2 Å². The average molecular weight is 195 g/mol. The number of hydrogen-bond acceptors (Lipinski definition) is 2. The number of aromatic nitrogens is 2. The van der Waals surface area contributed by atoms with Gasteiger partial charge in [-0.2, -0.15) is 5.10 Å². The summed E-state index contributed by atoms with van der Waals surface area (Å²) >= 11 is 0. The van der Waals surface area contributed by atoms with Gasteiger partial charge in [-0.1, -0.05) is 13.3 Å². The fraction of sp³-hybridized carbons (Fsp3) is 0.727. The molecule has 1 atom stereocenters. The maximum atomic E-state index is 4.46. The van der Waals surface area contributed by atoms with Gasteiger partial charge in [0.15, 0.2) is 0 Å². The molecular formula is C11H21N3. The van der Waals surface area contributed by atoms with Gasteiger partial charge in [-0.3, -0.25) is 4.68 Å². The Hall–Kier alpha value is -0.830. The van der Waals surface area contributed by atoms with Gasteiger partial charge >= 0.3 is 0 Å². The fourth-order valence-electron chi connectivity index (χ4n) is 1.83. The SMILES string of the molecule is CCCC(NC)c1cc(C)nn1CC. The van der Waals surface area contributed by atoms with Gasteiger partial charge in [-0.25, -0.2) is 0 Å². The molecule has 0 spiro atoms. The molecule has 80 valence electrons. The molecule has 3 heteroatoms. The topological polar surface area (TPSA) is 29.9 Å². The molecule has 0 aliphatic heterocycles. The first-order valence-electron chi connectivity index (χ1n) is 5.44. The predicted molar refractivity (Wildman–Crippen MR) is 59.3 cm³/mol. The summed E-state index contributed by atoms with van der Waals surface area (Å²) in [5.74, 6) is 0. The van der Waals surface area contributed by atoms with Crippen LogP contribution in [0.15, 0.2) is 6.07 Å². The van der Waals surface area contributed by atoms with E-state index in [1.165, 1.54) is 18.5 Å². The minimum atomic E-state index is 0.446. The molecule has 0 fully saturated rings. The summed E-state index contributed by atoms with van der Waals surface area (Å²) in [7, 11) is 2.02. The molecule has 1 aromatic rings. The van der Waals surface area contributed by atoms with Gasteiger partial charge < -0.3 is 5.32 Å². The van der Waals surface area contributed by atoms with Crippen molar-refractivity contribution in [3.05, 3.63) is 17.5 Å². The van der Waals surface area contributed by atoms with Gasteiger partial charge in [0.1, 0.15) is 0 Å². The highest BCUT2D eigenvalue weighted by atomic mass is 15.3. The van der Waals surface area contributed by atoms with Crippen LogP contribution >= 0.6 is 0 Å². The quantitative estimate of drug-likeness (QED) is 0.781. The van der Waals surface area contributed by atoms with Gasteiger partial charge in [0.2, 0.25) is 0 Å². The van der Waals surface area contributed by atoms with Crippen molar-refractivity contribution in [2.24, 2.45) is 0 Å². The summed E-state index contributed by atoms with van der Waals surface area (Å²) in [6.07, 6.45) is 2.36. The van der Waals surface area contributed by atoms with E-state index in [0.29, 0.717) is 6.04 Å². The molecule has 0 aromatic carbocycles. The molecule has 0 saturated carbocycles. The lowest BCUT2D eigenvalue weighted by Gasteiger charge is -2.16. The van der Waals surface area contributed by atoms with Crippen molar-refractivity contribution in [3.63, 3.8) is 0 Å². The molecule has 0 amide bonds. The predicted octanol–water partition coefficient (Wildman–Crippen LogP) is 2.27. The zero-order valence-corrected chi connectivity index (χ0v) is 9.67. The van der Waals surface area contributed by atoms with Crippen LogP contribution in [0.1, 0.15) is 44.1 Å². The van der Waals surface area contributed by atoms with Gasteiger partial charge in [-0.05, 0) is 33.4 Å². The largest absolute Gasteiger partial charge is 0.312 e. The second-order valence-electron chi connectivity index (χ2n) is 3.66. The van der Waals surface area contributed by atoms with Crippen LogP contribution in [0, 0.1) is 6.92 Å². The third-order valence-corrected chi connectivity index (χ3v) is 2.52. The Morgan fingerprint density at radius 2 is 2.21 bits per heavy atom. The smallest absolute Gasteiger partial charge is 0.0597 e. The van der Waals surface area contributed by atoms with Crippen LogP contribution in [-0.2, 0) is 6.54 Å². The second kappa shape index (κ2) is 5.15.